The van der Waals surface area contributed by atoms with Crippen LogP contribution in [0, 0.1) is 0 Å². The summed E-state index contributed by atoms with van der Waals surface area (Å²) in [6, 6.07) is 8.40. The van der Waals surface area contributed by atoms with Crippen molar-refractivity contribution in [2.24, 2.45) is 0 Å². The summed E-state index contributed by atoms with van der Waals surface area (Å²) in [7, 11) is 0. The number of hydrogen-bond acceptors (Lipinski definition) is 2. The van der Waals surface area contributed by atoms with Crippen LogP contribution in [0.2, 0.25) is 0 Å². The molecule has 0 spiro atoms. The summed E-state index contributed by atoms with van der Waals surface area (Å²) in [5, 5.41) is 3.43. The van der Waals surface area contributed by atoms with Crippen molar-refractivity contribution < 1.29 is 0 Å². The van der Waals surface area contributed by atoms with Gasteiger partial charge < -0.3 is 9.88 Å². The van der Waals surface area contributed by atoms with Crippen LogP contribution in [0.4, 0.5) is 0 Å². The molecule has 0 aliphatic carbocycles. The summed E-state index contributed by atoms with van der Waals surface area (Å²) in [4.78, 5) is 4.37. The van der Waals surface area contributed by atoms with Gasteiger partial charge in [0, 0.05) is 27.5 Å². The van der Waals surface area contributed by atoms with Crippen LogP contribution >= 0.6 is 15.9 Å². The van der Waals surface area contributed by atoms with E-state index in [0.717, 1.165) is 30.4 Å². The molecule has 3 rings (SSSR count). The molecule has 1 aliphatic heterocycles. The second kappa shape index (κ2) is 5.10. The van der Waals surface area contributed by atoms with Gasteiger partial charge in [-0.25, -0.2) is 4.98 Å². The number of piperidine rings is 1. The lowest BCUT2D eigenvalue weighted by Crippen LogP contribution is -2.38. The van der Waals surface area contributed by atoms with Crippen LogP contribution in [-0.2, 0) is 5.41 Å². The number of rotatable bonds is 2. The molecule has 1 saturated heterocycles. The Morgan fingerprint density at radius 2 is 1.89 bits per heavy atom. The Morgan fingerprint density at radius 1 is 1.21 bits per heavy atom. The highest BCUT2D eigenvalue weighted by Crippen LogP contribution is 2.34. The first-order chi connectivity index (χ1) is 9.19. The second-order valence-electron chi connectivity index (χ2n) is 5.44. The predicted molar refractivity (Wildman–Crippen MR) is 80.7 cm³/mol. The summed E-state index contributed by atoms with van der Waals surface area (Å²) in [5.41, 5.74) is 2.71. The maximum atomic E-state index is 4.37. The van der Waals surface area contributed by atoms with E-state index in [1.165, 1.54) is 11.4 Å². The lowest BCUT2D eigenvalue weighted by Gasteiger charge is -2.34. The van der Waals surface area contributed by atoms with Crippen molar-refractivity contribution in [3.63, 3.8) is 0 Å². The molecule has 0 amide bonds. The molecule has 1 aromatic heterocycles. The van der Waals surface area contributed by atoms with Crippen LogP contribution in [0.15, 0.2) is 41.3 Å². The number of benzene rings is 1. The number of nitrogens with one attached hydrogen (secondary N) is 1. The highest BCUT2D eigenvalue weighted by molar-refractivity contribution is 9.10. The van der Waals surface area contributed by atoms with Gasteiger partial charge in [0.05, 0.1) is 6.33 Å². The molecule has 0 atom stereocenters. The van der Waals surface area contributed by atoms with Crippen LogP contribution in [0.25, 0.3) is 5.69 Å². The Hall–Kier alpha value is -1.13. The number of imidazole rings is 1. The van der Waals surface area contributed by atoms with Gasteiger partial charge in [-0.05, 0) is 50.2 Å². The Kier molecular flexibility index (Phi) is 3.46. The van der Waals surface area contributed by atoms with E-state index in [-0.39, 0.29) is 5.41 Å². The van der Waals surface area contributed by atoms with Crippen molar-refractivity contribution in [2.45, 2.75) is 25.2 Å². The Bertz CT molecular complexity index is 553. The van der Waals surface area contributed by atoms with Gasteiger partial charge in [-0.15, -0.1) is 0 Å². The van der Waals surface area contributed by atoms with Crippen molar-refractivity contribution in [3.05, 3.63) is 47.0 Å². The molecule has 100 valence electrons. The topological polar surface area (TPSA) is 29.9 Å². The average molecular weight is 320 g/mol. The zero-order valence-electron chi connectivity index (χ0n) is 11.1. The third-order valence-electron chi connectivity index (χ3n) is 4.07. The summed E-state index contributed by atoms with van der Waals surface area (Å²) < 4.78 is 3.32. The van der Waals surface area contributed by atoms with Gasteiger partial charge in [0.15, 0.2) is 0 Å². The zero-order valence-corrected chi connectivity index (χ0v) is 12.7. The number of aromatic nitrogens is 2. The summed E-state index contributed by atoms with van der Waals surface area (Å²) in [6.07, 6.45) is 6.27. The molecule has 0 radical (unpaired) electrons. The minimum atomic E-state index is 0.217. The first-order valence-electron chi connectivity index (χ1n) is 6.69. The molecule has 0 bridgehead atoms. The fourth-order valence-electron chi connectivity index (χ4n) is 2.78. The summed E-state index contributed by atoms with van der Waals surface area (Å²) in [5.74, 6) is 0. The average Bonchev–Trinajstić information content (AvgIpc) is 2.90. The Morgan fingerprint density at radius 3 is 2.58 bits per heavy atom. The van der Waals surface area contributed by atoms with Crippen LogP contribution in [0.3, 0.4) is 0 Å². The van der Waals surface area contributed by atoms with Crippen molar-refractivity contribution in [3.8, 4) is 5.69 Å². The standard InChI is InChI=1S/C15H18BrN3/c1-15(6-8-17-9-7-15)14-10-18-11-19(14)13-4-2-12(16)3-5-13/h2-5,10-11,17H,6-9H2,1H3. The van der Waals surface area contributed by atoms with Gasteiger partial charge in [-0.3, -0.25) is 0 Å². The first-order valence-corrected chi connectivity index (χ1v) is 7.48. The summed E-state index contributed by atoms with van der Waals surface area (Å²) >= 11 is 3.48. The molecule has 1 N–H and O–H groups in total. The molecule has 3 nitrogen and oxygen atoms in total. The van der Waals surface area contributed by atoms with E-state index in [1.807, 2.05) is 12.5 Å². The smallest absolute Gasteiger partial charge is 0.0994 e. The lowest BCUT2D eigenvalue weighted by atomic mass is 9.78. The van der Waals surface area contributed by atoms with Gasteiger partial charge >= 0.3 is 0 Å². The molecular formula is C15H18BrN3. The number of hydrogen-bond donors (Lipinski definition) is 1. The van der Waals surface area contributed by atoms with E-state index in [2.05, 4.69) is 62.0 Å². The maximum Gasteiger partial charge on any atom is 0.0994 e. The normalized spacial score (nSPS) is 18.4. The first kappa shape index (κ1) is 12.9. The van der Waals surface area contributed by atoms with Gasteiger partial charge in [-0.1, -0.05) is 22.9 Å². The highest BCUT2D eigenvalue weighted by atomic mass is 79.9. The second-order valence-corrected chi connectivity index (χ2v) is 6.35. The van der Waals surface area contributed by atoms with E-state index < -0.39 is 0 Å². The fourth-order valence-corrected chi connectivity index (χ4v) is 3.05. The van der Waals surface area contributed by atoms with Crippen LogP contribution in [0.5, 0.6) is 0 Å². The molecule has 1 aliphatic rings. The van der Waals surface area contributed by atoms with Crippen LogP contribution in [-0.4, -0.2) is 22.6 Å². The van der Waals surface area contributed by atoms with E-state index in [1.54, 1.807) is 0 Å². The third-order valence-corrected chi connectivity index (χ3v) is 4.60. The molecule has 19 heavy (non-hydrogen) atoms. The van der Waals surface area contributed by atoms with Crippen molar-refractivity contribution in [2.75, 3.05) is 13.1 Å². The van der Waals surface area contributed by atoms with Crippen LogP contribution < -0.4 is 5.32 Å². The van der Waals surface area contributed by atoms with E-state index in [0.29, 0.717) is 0 Å². The van der Waals surface area contributed by atoms with E-state index >= 15 is 0 Å². The molecular weight excluding hydrogens is 302 g/mol. The molecule has 4 heteroatoms. The largest absolute Gasteiger partial charge is 0.317 e. The molecule has 2 heterocycles. The van der Waals surface area contributed by atoms with Crippen molar-refractivity contribution in [1.29, 1.82) is 0 Å². The van der Waals surface area contributed by atoms with Crippen molar-refractivity contribution in [1.82, 2.24) is 14.9 Å². The molecule has 1 fully saturated rings. The van der Waals surface area contributed by atoms with Crippen molar-refractivity contribution >= 4 is 15.9 Å². The molecule has 0 unspecified atom stereocenters. The van der Waals surface area contributed by atoms with Crippen LogP contribution in [0.1, 0.15) is 25.5 Å². The molecule has 2 aromatic rings. The van der Waals surface area contributed by atoms with Gasteiger partial charge in [0.2, 0.25) is 0 Å². The lowest BCUT2D eigenvalue weighted by molar-refractivity contribution is 0.324. The fraction of sp³-hybridized carbons (Fsp3) is 0.400. The monoisotopic (exact) mass is 319 g/mol. The van der Waals surface area contributed by atoms with E-state index in [4.69, 9.17) is 0 Å². The van der Waals surface area contributed by atoms with Gasteiger partial charge in [0.1, 0.15) is 0 Å². The Balaban J connectivity index is 2.00. The SMILES string of the molecule is CC1(c2cncn2-c2ccc(Br)cc2)CCNCC1. The number of nitrogens with zero attached hydrogens (tertiary/aromatic N) is 2. The summed E-state index contributed by atoms with van der Waals surface area (Å²) in [6.45, 7) is 4.52. The molecule has 1 aromatic carbocycles. The minimum Gasteiger partial charge on any atom is -0.317 e. The van der Waals surface area contributed by atoms with Gasteiger partial charge in [-0.2, -0.15) is 0 Å². The van der Waals surface area contributed by atoms with E-state index in [9.17, 15) is 0 Å². The third kappa shape index (κ3) is 2.47. The Labute approximate surface area is 122 Å². The molecule has 0 saturated carbocycles. The predicted octanol–water partition coefficient (Wildman–Crippen LogP) is 3.28. The number of halogens is 1. The zero-order chi connectivity index (χ0) is 13.3. The highest BCUT2D eigenvalue weighted by Gasteiger charge is 2.31. The van der Waals surface area contributed by atoms with Gasteiger partial charge in [0.25, 0.3) is 0 Å². The quantitative estimate of drug-likeness (QED) is 0.920. The maximum absolute atomic E-state index is 4.37. The minimum absolute atomic E-state index is 0.217.